The summed E-state index contributed by atoms with van der Waals surface area (Å²) in [4.78, 5) is 0.118. The molecule has 3 rings (SSSR count). The van der Waals surface area contributed by atoms with Crippen molar-refractivity contribution in [1.29, 1.82) is 0 Å². The van der Waals surface area contributed by atoms with Crippen LogP contribution in [0.5, 0.6) is 0 Å². The maximum atomic E-state index is 12.7. The Morgan fingerprint density at radius 3 is 2.74 bits per heavy atom. The number of nitrogens with one attached hydrogen (secondary N) is 1. The summed E-state index contributed by atoms with van der Waals surface area (Å²) < 4.78 is 28.2. The Morgan fingerprint density at radius 2 is 2.00 bits per heavy atom. The van der Waals surface area contributed by atoms with Crippen molar-refractivity contribution in [2.45, 2.75) is 37.1 Å². The van der Waals surface area contributed by atoms with E-state index in [1.165, 1.54) is 0 Å². The Balaban J connectivity index is 1.93. The molecule has 0 amide bonds. The van der Waals surface area contributed by atoms with Crippen LogP contribution in [0.25, 0.3) is 0 Å². The molecule has 122 valence electrons. The van der Waals surface area contributed by atoms with E-state index in [9.17, 15) is 8.42 Å². The summed E-state index contributed by atoms with van der Waals surface area (Å²) >= 11 is 6.12. The molecule has 0 fully saturated rings. The van der Waals surface area contributed by atoms with Crippen LogP contribution in [-0.4, -0.2) is 8.42 Å². The third-order valence-corrected chi connectivity index (χ3v) is 6.11. The summed E-state index contributed by atoms with van der Waals surface area (Å²) in [7, 11) is -3.67. The zero-order valence-electron chi connectivity index (χ0n) is 12.8. The lowest BCUT2D eigenvalue weighted by Gasteiger charge is -2.26. The predicted molar refractivity (Wildman–Crippen MR) is 93.0 cm³/mol. The van der Waals surface area contributed by atoms with Gasteiger partial charge in [0.15, 0.2) is 0 Å². The maximum Gasteiger partial charge on any atom is 0.242 e. The lowest BCUT2D eigenvalue weighted by molar-refractivity contribution is 0.507. The fourth-order valence-electron chi connectivity index (χ4n) is 3.03. The van der Waals surface area contributed by atoms with Crippen LogP contribution in [0.2, 0.25) is 5.02 Å². The summed E-state index contributed by atoms with van der Waals surface area (Å²) in [6.07, 6.45) is 2.61. The minimum Gasteiger partial charge on any atom is -0.399 e. The third-order valence-electron chi connectivity index (χ3n) is 4.16. The van der Waals surface area contributed by atoms with Gasteiger partial charge in [-0.3, -0.25) is 0 Å². The molecule has 3 N–H and O–H groups in total. The van der Waals surface area contributed by atoms with E-state index in [-0.39, 0.29) is 16.0 Å². The second-order valence-electron chi connectivity index (χ2n) is 5.96. The molecule has 4 nitrogen and oxygen atoms in total. The van der Waals surface area contributed by atoms with Gasteiger partial charge in [-0.15, -0.1) is 0 Å². The van der Waals surface area contributed by atoms with Crippen molar-refractivity contribution in [2.24, 2.45) is 0 Å². The molecule has 0 aromatic heterocycles. The van der Waals surface area contributed by atoms with Gasteiger partial charge >= 0.3 is 0 Å². The van der Waals surface area contributed by atoms with Crippen LogP contribution in [0.1, 0.15) is 35.6 Å². The van der Waals surface area contributed by atoms with Crippen molar-refractivity contribution in [3.05, 3.63) is 58.1 Å². The first-order valence-corrected chi connectivity index (χ1v) is 9.40. The molecule has 23 heavy (non-hydrogen) atoms. The van der Waals surface area contributed by atoms with Gasteiger partial charge in [-0.25, -0.2) is 13.1 Å². The van der Waals surface area contributed by atoms with Crippen molar-refractivity contribution in [3.8, 4) is 0 Å². The molecule has 0 aliphatic heterocycles. The predicted octanol–water partition coefficient (Wildman–Crippen LogP) is 3.59. The van der Waals surface area contributed by atoms with Gasteiger partial charge in [-0.1, -0.05) is 23.7 Å². The van der Waals surface area contributed by atoms with E-state index in [1.807, 2.05) is 25.1 Å². The highest BCUT2D eigenvalue weighted by atomic mass is 35.5. The molecule has 1 aliphatic rings. The first-order valence-electron chi connectivity index (χ1n) is 7.53. The van der Waals surface area contributed by atoms with Crippen LogP contribution in [0, 0.1) is 6.92 Å². The molecular formula is C17H19ClN2O2S. The van der Waals surface area contributed by atoms with E-state index < -0.39 is 10.0 Å². The third kappa shape index (κ3) is 3.37. The first-order chi connectivity index (χ1) is 10.9. The number of hydrogen-bond donors (Lipinski definition) is 2. The average molecular weight is 351 g/mol. The van der Waals surface area contributed by atoms with Crippen LogP contribution >= 0.6 is 11.6 Å². The van der Waals surface area contributed by atoms with E-state index in [4.69, 9.17) is 17.3 Å². The number of nitrogen functional groups attached to an aromatic ring is 1. The summed E-state index contributed by atoms with van der Waals surface area (Å²) in [5.41, 5.74) is 9.56. The van der Waals surface area contributed by atoms with E-state index >= 15 is 0 Å². The number of aryl methyl sites for hydroxylation is 2. The zero-order chi connectivity index (χ0) is 16.6. The van der Waals surface area contributed by atoms with Crippen molar-refractivity contribution in [1.82, 2.24) is 4.72 Å². The highest BCUT2D eigenvalue weighted by Gasteiger charge is 2.27. The van der Waals surface area contributed by atoms with Crippen molar-refractivity contribution < 1.29 is 8.42 Å². The molecule has 2 aromatic rings. The monoisotopic (exact) mass is 350 g/mol. The van der Waals surface area contributed by atoms with Crippen LogP contribution in [-0.2, 0) is 16.4 Å². The van der Waals surface area contributed by atoms with E-state index in [2.05, 4.69) is 4.72 Å². The molecule has 1 aliphatic carbocycles. The van der Waals surface area contributed by atoms with Gasteiger partial charge in [0.25, 0.3) is 0 Å². The van der Waals surface area contributed by atoms with E-state index in [0.29, 0.717) is 5.69 Å². The van der Waals surface area contributed by atoms with Gasteiger partial charge < -0.3 is 5.73 Å². The Kier molecular flexibility index (Phi) is 4.36. The van der Waals surface area contributed by atoms with Crippen LogP contribution in [0.15, 0.2) is 41.3 Å². The van der Waals surface area contributed by atoms with Crippen LogP contribution in [0.3, 0.4) is 0 Å². The summed E-state index contributed by atoms with van der Waals surface area (Å²) in [6.45, 7) is 1.87. The standard InChI is InChI=1S/C17H19ClN2O2S/c1-11-5-8-17(15(18)9-11)23(21,22)20-16-4-2-3-12-10-13(19)6-7-14(12)16/h5-10,16,20H,2-4,19H2,1H3. The van der Waals surface area contributed by atoms with Gasteiger partial charge in [0.1, 0.15) is 4.90 Å². The second kappa shape index (κ2) is 6.15. The molecule has 0 saturated carbocycles. The molecule has 6 heteroatoms. The van der Waals surface area contributed by atoms with E-state index in [1.54, 1.807) is 18.2 Å². The molecule has 2 aromatic carbocycles. The van der Waals surface area contributed by atoms with Crippen molar-refractivity contribution in [2.75, 3.05) is 5.73 Å². The molecule has 0 saturated heterocycles. The number of halogens is 1. The number of benzene rings is 2. The quantitative estimate of drug-likeness (QED) is 0.831. The van der Waals surface area contributed by atoms with Gasteiger partial charge in [-0.05, 0) is 67.1 Å². The Labute approximate surface area is 141 Å². The van der Waals surface area contributed by atoms with Gasteiger partial charge in [0.05, 0.1) is 5.02 Å². The molecule has 1 atom stereocenters. The number of sulfonamides is 1. The number of fused-ring (bicyclic) bond motifs is 1. The Bertz CT molecular complexity index is 850. The number of nitrogens with two attached hydrogens (primary N) is 1. The second-order valence-corrected chi connectivity index (χ2v) is 8.05. The first kappa shape index (κ1) is 16.3. The van der Waals surface area contributed by atoms with E-state index in [0.717, 1.165) is 36.0 Å². The molecule has 0 radical (unpaired) electrons. The van der Waals surface area contributed by atoms with Gasteiger partial charge in [0, 0.05) is 11.7 Å². The lowest BCUT2D eigenvalue weighted by atomic mass is 9.88. The average Bonchev–Trinajstić information content (AvgIpc) is 2.46. The molecule has 0 bridgehead atoms. The lowest BCUT2D eigenvalue weighted by Crippen LogP contribution is -2.31. The highest BCUT2D eigenvalue weighted by molar-refractivity contribution is 7.89. The van der Waals surface area contributed by atoms with Gasteiger partial charge in [-0.2, -0.15) is 0 Å². The van der Waals surface area contributed by atoms with Gasteiger partial charge in [0.2, 0.25) is 10.0 Å². The fraction of sp³-hybridized carbons (Fsp3) is 0.294. The molecular weight excluding hydrogens is 332 g/mol. The Hall–Kier alpha value is -1.56. The zero-order valence-corrected chi connectivity index (χ0v) is 14.4. The largest absolute Gasteiger partial charge is 0.399 e. The minimum atomic E-state index is -3.67. The molecule has 0 heterocycles. The van der Waals surface area contributed by atoms with Crippen LogP contribution in [0.4, 0.5) is 5.69 Å². The van der Waals surface area contributed by atoms with Crippen molar-refractivity contribution in [3.63, 3.8) is 0 Å². The summed E-state index contributed by atoms with van der Waals surface area (Å²) in [6, 6.07) is 10.3. The molecule has 0 spiro atoms. The highest BCUT2D eigenvalue weighted by Crippen LogP contribution is 2.33. The fourth-order valence-corrected chi connectivity index (χ4v) is 4.88. The van der Waals surface area contributed by atoms with Crippen LogP contribution < -0.4 is 10.5 Å². The number of anilines is 1. The minimum absolute atomic E-state index is 0.118. The summed E-state index contributed by atoms with van der Waals surface area (Å²) in [5, 5.41) is 0.242. The smallest absolute Gasteiger partial charge is 0.242 e. The topological polar surface area (TPSA) is 72.2 Å². The number of rotatable bonds is 3. The molecule has 1 unspecified atom stereocenters. The summed E-state index contributed by atoms with van der Waals surface area (Å²) in [5.74, 6) is 0. The maximum absolute atomic E-state index is 12.7. The van der Waals surface area contributed by atoms with Crippen molar-refractivity contribution >= 4 is 27.3 Å². The Morgan fingerprint density at radius 1 is 1.22 bits per heavy atom. The SMILES string of the molecule is Cc1ccc(S(=O)(=O)NC2CCCc3cc(N)ccc32)c(Cl)c1. The number of hydrogen-bond acceptors (Lipinski definition) is 3. The normalized spacial score (nSPS) is 17.7.